The Balaban J connectivity index is 1.58. The Kier molecular flexibility index (Phi) is 4.54. The van der Waals surface area contributed by atoms with Crippen LogP contribution in [0, 0.1) is 6.92 Å². The van der Waals surface area contributed by atoms with E-state index >= 15 is 0 Å². The van der Waals surface area contributed by atoms with Crippen LogP contribution in [0.5, 0.6) is 0 Å². The van der Waals surface area contributed by atoms with Crippen molar-refractivity contribution in [3.05, 3.63) is 53.6 Å². The number of anilines is 2. The Morgan fingerprint density at radius 2 is 1.88 bits per heavy atom. The number of amides is 1. The predicted octanol–water partition coefficient (Wildman–Crippen LogP) is 2.79. The van der Waals surface area contributed by atoms with E-state index in [1.165, 1.54) is 28.9 Å². The monoisotopic (exact) mass is 369 g/mol. The molecular weight excluding hydrogens is 348 g/mol. The molecule has 1 unspecified atom stereocenters. The largest absolute Gasteiger partial charge is 0.768 e. The van der Waals surface area contributed by atoms with Gasteiger partial charge in [0.2, 0.25) is 5.91 Å². The summed E-state index contributed by atoms with van der Waals surface area (Å²) in [6.07, 6.45) is 2.90. The summed E-state index contributed by atoms with van der Waals surface area (Å²) in [6, 6.07) is 12.8. The van der Waals surface area contributed by atoms with Crippen molar-refractivity contribution in [2.24, 2.45) is 0 Å². The normalized spacial score (nSPS) is 21.0. The molecule has 0 aromatic heterocycles. The summed E-state index contributed by atoms with van der Waals surface area (Å²) < 4.78 is 22.0. The van der Waals surface area contributed by atoms with Crippen LogP contribution >= 0.6 is 0 Å². The van der Waals surface area contributed by atoms with E-state index in [1.807, 2.05) is 0 Å². The molecule has 6 heteroatoms. The molecule has 0 aliphatic carbocycles. The molecule has 2 aliphatic heterocycles. The zero-order valence-corrected chi connectivity index (χ0v) is 15.5. The molecule has 0 N–H and O–H groups in total. The zero-order chi connectivity index (χ0) is 18.3. The van der Waals surface area contributed by atoms with Gasteiger partial charge in [0.1, 0.15) is 6.04 Å². The summed E-state index contributed by atoms with van der Waals surface area (Å²) in [5, 5.41) is 0. The van der Waals surface area contributed by atoms with Crippen LogP contribution < -0.4 is 9.80 Å². The van der Waals surface area contributed by atoms with E-state index in [4.69, 9.17) is 0 Å². The van der Waals surface area contributed by atoms with Gasteiger partial charge in [-0.05, 0) is 73.2 Å². The number of aryl methyl sites for hydroxylation is 2. The molecule has 0 bridgehead atoms. The summed E-state index contributed by atoms with van der Waals surface area (Å²) in [5.74, 6) is 0.0921. The highest BCUT2D eigenvalue weighted by Gasteiger charge is 2.38. The van der Waals surface area contributed by atoms with E-state index in [1.54, 1.807) is 17.0 Å². The van der Waals surface area contributed by atoms with Crippen molar-refractivity contribution in [3.63, 3.8) is 0 Å². The van der Waals surface area contributed by atoms with Crippen LogP contribution in [0.15, 0.2) is 47.4 Å². The number of nitrogens with zero attached hydrogens (tertiary/aromatic N) is 2. The number of benzene rings is 2. The number of rotatable bonds is 3. The van der Waals surface area contributed by atoms with Crippen molar-refractivity contribution in [2.45, 2.75) is 37.1 Å². The van der Waals surface area contributed by atoms with Gasteiger partial charge in [0.25, 0.3) is 0 Å². The van der Waals surface area contributed by atoms with E-state index in [-0.39, 0.29) is 16.8 Å². The molecule has 1 saturated heterocycles. The second-order valence-corrected chi connectivity index (χ2v) is 7.89. The van der Waals surface area contributed by atoms with Crippen molar-refractivity contribution < 1.29 is 13.6 Å². The van der Waals surface area contributed by atoms with Gasteiger partial charge in [-0.3, -0.25) is 9.00 Å². The maximum absolute atomic E-state index is 13.1. The van der Waals surface area contributed by atoms with Crippen LogP contribution in [-0.4, -0.2) is 33.8 Å². The summed E-state index contributed by atoms with van der Waals surface area (Å²) in [7, 11) is 0. The van der Waals surface area contributed by atoms with Crippen LogP contribution in [0.1, 0.15) is 24.0 Å². The molecule has 0 spiro atoms. The molecular formula is C20H21N2O3S-. The van der Waals surface area contributed by atoms with Crippen LogP contribution in [0.4, 0.5) is 11.4 Å². The lowest BCUT2D eigenvalue weighted by atomic mass is 9.97. The lowest BCUT2D eigenvalue weighted by molar-refractivity contribution is -0.118. The summed E-state index contributed by atoms with van der Waals surface area (Å²) in [5.41, 5.74) is 4.51. The van der Waals surface area contributed by atoms with Crippen molar-refractivity contribution >= 4 is 28.4 Å². The molecule has 2 atom stereocenters. The first-order valence-corrected chi connectivity index (χ1v) is 9.99. The second kappa shape index (κ2) is 6.85. The van der Waals surface area contributed by atoms with Crippen LogP contribution in [0.2, 0.25) is 0 Å². The quantitative estimate of drug-likeness (QED) is 0.781. The molecule has 5 nitrogen and oxygen atoms in total. The minimum absolute atomic E-state index is 0.0921. The Hall–Kier alpha value is -2.18. The van der Waals surface area contributed by atoms with E-state index in [9.17, 15) is 13.6 Å². The Bertz CT molecular complexity index is 866. The molecule has 2 heterocycles. The molecule has 4 rings (SSSR count). The standard InChI is InChI=1S/C20H22N2O3S/c1-14-4-9-18-15(13-14)3-2-11-22(18)19-10-12-21(20(19)23)16-5-7-17(8-6-16)26(24)25/h4-9,13,19H,2-3,10-12H2,1H3,(H,24,25)/p-1/t19-/m0/s1. The minimum atomic E-state index is -2.25. The van der Waals surface area contributed by atoms with Gasteiger partial charge in [-0.1, -0.05) is 17.7 Å². The fourth-order valence-corrected chi connectivity index (χ4v) is 4.38. The van der Waals surface area contributed by atoms with Crippen LogP contribution in [0.25, 0.3) is 0 Å². The summed E-state index contributed by atoms with van der Waals surface area (Å²) >= 11 is -2.25. The average molecular weight is 369 g/mol. The number of hydrogen-bond donors (Lipinski definition) is 0. The van der Waals surface area contributed by atoms with Gasteiger partial charge in [0.05, 0.1) is 0 Å². The molecule has 2 aliphatic rings. The van der Waals surface area contributed by atoms with Crippen molar-refractivity contribution in [2.75, 3.05) is 22.9 Å². The Morgan fingerprint density at radius 3 is 2.62 bits per heavy atom. The lowest BCUT2D eigenvalue weighted by Crippen LogP contribution is -2.44. The van der Waals surface area contributed by atoms with E-state index in [0.29, 0.717) is 6.54 Å². The first-order valence-electron chi connectivity index (χ1n) is 8.91. The predicted molar refractivity (Wildman–Crippen MR) is 101 cm³/mol. The maximum Gasteiger partial charge on any atom is 0.249 e. The third kappa shape index (κ3) is 3.04. The number of carbonyl (C=O) groups excluding carboxylic acids is 1. The smallest absolute Gasteiger partial charge is 0.249 e. The molecule has 136 valence electrons. The maximum atomic E-state index is 13.1. The summed E-state index contributed by atoms with van der Waals surface area (Å²) in [6.45, 7) is 3.65. The molecule has 1 amide bonds. The van der Waals surface area contributed by atoms with Crippen LogP contribution in [0.3, 0.4) is 0 Å². The van der Waals surface area contributed by atoms with Gasteiger partial charge in [-0.15, -0.1) is 0 Å². The molecule has 1 fully saturated rings. The topological polar surface area (TPSA) is 63.7 Å². The van der Waals surface area contributed by atoms with E-state index < -0.39 is 11.1 Å². The fraction of sp³-hybridized carbons (Fsp3) is 0.350. The molecule has 26 heavy (non-hydrogen) atoms. The zero-order valence-electron chi connectivity index (χ0n) is 14.7. The Labute approximate surface area is 155 Å². The second-order valence-electron chi connectivity index (χ2n) is 6.95. The SMILES string of the molecule is Cc1ccc2c(c1)CCCN2[C@H]1CCN(c2ccc(S(=O)[O-])cc2)C1=O. The molecule has 2 aromatic rings. The average Bonchev–Trinajstić information content (AvgIpc) is 3.02. The highest BCUT2D eigenvalue weighted by atomic mass is 32.2. The first kappa shape index (κ1) is 17.2. The summed E-state index contributed by atoms with van der Waals surface area (Å²) in [4.78, 5) is 17.3. The highest BCUT2D eigenvalue weighted by molar-refractivity contribution is 7.79. The van der Waals surface area contributed by atoms with Gasteiger partial charge in [-0.2, -0.15) is 0 Å². The van der Waals surface area contributed by atoms with Gasteiger partial charge < -0.3 is 14.4 Å². The van der Waals surface area contributed by atoms with Gasteiger partial charge in [0, 0.05) is 29.4 Å². The number of carbonyl (C=O) groups is 1. The first-order chi connectivity index (χ1) is 12.5. The molecule has 0 saturated carbocycles. The van der Waals surface area contributed by atoms with Gasteiger partial charge in [0.15, 0.2) is 0 Å². The number of hydrogen-bond acceptors (Lipinski definition) is 4. The van der Waals surface area contributed by atoms with E-state index in [2.05, 4.69) is 30.0 Å². The van der Waals surface area contributed by atoms with Crippen molar-refractivity contribution in [1.29, 1.82) is 0 Å². The lowest BCUT2D eigenvalue weighted by Gasteiger charge is -2.35. The Morgan fingerprint density at radius 1 is 1.12 bits per heavy atom. The van der Waals surface area contributed by atoms with Crippen molar-refractivity contribution in [3.8, 4) is 0 Å². The highest BCUT2D eigenvalue weighted by Crippen LogP contribution is 2.34. The third-order valence-electron chi connectivity index (χ3n) is 5.28. The molecule has 0 radical (unpaired) electrons. The fourth-order valence-electron chi connectivity index (χ4n) is 4.03. The minimum Gasteiger partial charge on any atom is -0.768 e. The van der Waals surface area contributed by atoms with Gasteiger partial charge >= 0.3 is 0 Å². The third-order valence-corrected chi connectivity index (χ3v) is 5.94. The van der Waals surface area contributed by atoms with Gasteiger partial charge in [-0.25, -0.2) is 0 Å². The molecule has 2 aromatic carbocycles. The van der Waals surface area contributed by atoms with Crippen LogP contribution in [-0.2, 0) is 22.3 Å². The number of fused-ring (bicyclic) bond motifs is 1. The van der Waals surface area contributed by atoms with E-state index in [0.717, 1.165) is 31.5 Å². The van der Waals surface area contributed by atoms with Crippen molar-refractivity contribution in [1.82, 2.24) is 0 Å².